The minimum atomic E-state index is -3.87. The van der Waals surface area contributed by atoms with Gasteiger partial charge in [0.15, 0.2) is 5.82 Å². The van der Waals surface area contributed by atoms with E-state index in [1.54, 1.807) is 16.7 Å². The quantitative estimate of drug-likeness (QED) is 0.457. The molecule has 178 valence electrons. The van der Waals surface area contributed by atoms with Crippen molar-refractivity contribution in [2.75, 3.05) is 0 Å². The minimum absolute atomic E-state index is 0.0665. The standard InChI is InChI=1S/C23H25F4N3O2S/c1-23(2,3)12-30-11-17(21(22(26)27)29-33(31,32)15-5-6-15)16-7-4-13(8-19(16)30)20-18(25)9-14(24)10-28-20/h4,7-11,15,21-22,29H,5-6,12H2,1-3H3/t21-/m0/s1. The summed E-state index contributed by atoms with van der Waals surface area (Å²) >= 11 is 0. The van der Waals surface area contributed by atoms with Crippen molar-refractivity contribution >= 4 is 20.9 Å². The fourth-order valence-corrected chi connectivity index (χ4v) is 5.42. The summed E-state index contributed by atoms with van der Waals surface area (Å²) in [7, 11) is -3.87. The van der Waals surface area contributed by atoms with Crippen molar-refractivity contribution in [3.8, 4) is 11.3 Å². The predicted octanol–water partition coefficient (Wildman–Crippen LogP) is 5.42. The van der Waals surface area contributed by atoms with Crippen molar-refractivity contribution < 1.29 is 26.0 Å². The van der Waals surface area contributed by atoms with Gasteiger partial charge in [-0.2, -0.15) is 0 Å². The zero-order valence-corrected chi connectivity index (χ0v) is 19.3. The molecule has 1 saturated carbocycles. The van der Waals surface area contributed by atoms with E-state index in [9.17, 15) is 26.0 Å². The van der Waals surface area contributed by atoms with Gasteiger partial charge in [-0.3, -0.25) is 4.98 Å². The highest BCUT2D eigenvalue weighted by Crippen LogP contribution is 2.37. The Morgan fingerprint density at radius 3 is 2.45 bits per heavy atom. The molecule has 0 aliphatic heterocycles. The average Bonchev–Trinajstić information content (AvgIpc) is 3.50. The number of rotatable bonds is 7. The Kier molecular flexibility index (Phi) is 6.03. The topological polar surface area (TPSA) is 64.0 Å². The van der Waals surface area contributed by atoms with Crippen LogP contribution in [-0.2, 0) is 16.6 Å². The molecule has 33 heavy (non-hydrogen) atoms. The van der Waals surface area contributed by atoms with Crippen LogP contribution in [-0.4, -0.2) is 29.6 Å². The van der Waals surface area contributed by atoms with Crippen LogP contribution < -0.4 is 4.72 Å². The van der Waals surface area contributed by atoms with E-state index in [4.69, 9.17) is 0 Å². The van der Waals surface area contributed by atoms with Gasteiger partial charge in [-0.15, -0.1) is 0 Å². The van der Waals surface area contributed by atoms with Gasteiger partial charge in [-0.1, -0.05) is 32.9 Å². The smallest absolute Gasteiger partial charge is 0.258 e. The molecular weight excluding hydrogens is 458 g/mol. The monoisotopic (exact) mass is 483 g/mol. The Morgan fingerprint density at radius 2 is 1.88 bits per heavy atom. The molecule has 1 aromatic carbocycles. The Bertz CT molecular complexity index is 1300. The molecule has 1 fully saturated rings. The average molecular weight is 484 g/mol. The molecular formula is C23H25F4N3O2S. The van der Waals surface area contributed by atoms with Gasteiger partial charge >= 0.3 is 0 Å². The van der Waals surface area contributed by atoms with E-state index < -0.39 is 39.4 Å². The number of sulfonamides is 1. The third-order valence-corrected chi connectivity index (χ3v) is 7.41. The van der Waals surface area contributed by atoms with E-state index in [1.165, 1.54) is 12.3 Å². The van der Waals surface area contributed by atoms with E-state index in [0.717, 1.165) is 12.3 Å². The van der Waals surface area contributed by atoms with Gasteiger partial charge in [0.25, 0.3) is 6.43 Å². The molecule has 5 nitrogen and oxygen atoms in total. The number of pyridine rings is 1. The normalized spacial score (nSPS) is 16.0. The number of hydrogen-bond acceptors (Lipinski definition) is 3. The molecule has 1 atom stereocenters. The number of alkyl halides is 2. The van der Waals surface area contributed by atoms with Crippen molar-refractivity contribution in [1.29, 1.82) is 0 Å². The first-order valence-electron chi connectivity index (χ1n) is 10.6. The molecule has 4 rings (SSSR count). The summed E-state index contributed by atoms with van der Waals surface area (Å²) in [5.74, 6) is -1.65. The summed E-state index contributed by atoms with van der Waals surface area (Å²) in [6.07, 6.45) is 0.373. The third kappa shape index (κ3) is 5.06. The molecule has 2 heterocycles. The zero-order chi connectivity index (χ0) is 24.1. The molecule has 0 saturated heterocycles. The number of nitrogens with one attached hydrogen (secondary N) is 1. The highest BCUT2D eigenvalue weighted by molar-refractivity contribution is 7.90. The summed E-state index contributed by atoms with van der Waals surface area (Å²) in [5.41, 5.74) is 0.730. The molecule has 3 aromatic rings. The van der Waals surface area contributed by atoms with Crippen LogP contribution in [0.15, 0.2) is 36.7 Å². The Morgan fingerprint density at radius 1 is 1.18 bits per heavy atom. The predicted molar refractivity (Wildman–Crippen MR) is 118 cm³/mol. The molecule has 0 unspecified atom stereocenters. The lowest BCUT2D eigenvalue weighted by atomic mass is 9.97. The second-order valence-corrected chi connectivity index (χ2v) is 11.7. The Balaban J connectivity index is 1.86. The lowest BCUT2D eigenvalue weighted by Gasteiger charge is -2.20. The summed E-state index contributed by atoms with van der Waals surface area (Å²) in [4.78, 5) is 3.83. The third-order valence-electron chi connectivity index (χ3n) is 5.48. The maximum atomic E-state index is 14.3. The van der Waals surface area contributed by atoms with Crippen LogP contribution >= 0.6 is 0 Å². The first-order chi connectivity index (χ1) is 15.4. The highest BCUT2D eigenvalue weighted by Gasteiger charge is 2.40. The highest BCUT2D eigenvalue weighted by atomic mass is 32.2. The zero-order valence-electron chi connectivity index (χ0n) is 18.4. The number of benzene rings is 1. The fourth-order valence-electron chi connectivity index (χ4n) is 3.89. The number of aromatic nitrogens is 2. The summed E-state index contributed by atoms with van der Waals surface area (Å²) < 4.78 is 84.6. The molecule has 1 aliphatic rings. The maximum Gasteiger partial charge on any atom is 0.258 e. The molecule has 0 spiro atoms. The number of halogens is 4. The van der Waals surface area contributed by atoms with Crippen LogP contribution in [0.5, 0.6) is 0 Å². The minimum Gasteiger partial charge on any atom is -0.347 e. The number of fused-ring (bicyclic) bond motifs is 1. The van der Waals surface area contributed by atoms with E-state index in [2.05, 4.69) is 9.71 Å². The van der Waals surface area contributed by atoms with Gasteiger partial charge in [0, 0.05) is 40.8 Å². The van der Waals surface area contributed by atoms with Crippen molar-refractivity contribution in [3.05, 3.63) is 53.9 Å². The van der Waals surface area contributed by atoms with Crippen molar-refractivity contribution in [2.45, 2.75) is 57.9 Å². The second kappa shape index (κ2) is 8.39. The molecule has 2 aromatic heterocycles. The van der Waals surface area contributed by atoms with Crippen molar-refractivity contribution in [1.82, 2.24) is 14.3 Å². The van der Waals surface area contributed by atoms with Crippen LogP contribution in [0.25, 0.3) is 22.2 Å². The molecule has 0 radical (unpaired) electrons. The van der Waals surface area contributed by atoms with E-state index in [-0.39, 0.29) is 16.7 Å². The molecule has 1 N–H and O–H groups in total. The SMILES string of the molecule is CC(C)(C)Cn1cc([C@H](NS(=O)(=O)C2CC2)C(F)F)c2ccc(-c3ncc(F)cc3F)cc21. The van der Waals surface area contributed by atoms with Gasteiger partial charge < -0.3 is 4.57 Å². The fraction of sp³-hybridized carbons (Fsp3) is 0.435. The van der Waals surface area contributed by atoms with Gasteiger partial charge in [0.1, 0.15) is 17.6 Å². The van der Waals surface area contributed by atoms with E-state index >= 15 is 0 Å². The lowest BCUT2D eigenvalue weighted by Crippen LogP contribution is -2.35. The maximum absolute atomic E-state index is 14.3. The van der Waals surface area contributed by atoms with Gasteiger partial charge in [-0.05, 0) is 24.3 Å². The first-order valence-corrected chi connectivity index (χ1v) is 12.1. The van der Waals surface area contributed by atoms with Gasteiger partial charge in [-0.25, -0.2) is 30.7 Å². The van der Waals surface area contributed by atoms with E-state index in [0.29, 0.717) is 35.9 Å². The molecule has 1 aliphatic carbocycles. The molecule has 0 amide bonds. The van der Waals surface area contributed by atoms with Crippen molar-refractivity contribution in [3.63, 3.8) is 0 Å². The molecule has 10 heteroatoms. The summed E-state index contributed by atoms with van der Waals surface area (Å²) in [6, 6.07) is 3.67. The number of nitrogens with zero attached hydrogens (tertiary/aromatic N) is 2. The van der Waals surface area contributed by atoms with E-state index in [1.807, 2.05) is 20.8 Å². The van der Waals surface area contributed by atoms with Gasteiger partial charge in [0.2, 0.25) is 10.0 Å². The number of hydrogen-bond donors (Lipinski definition) is 1. The summed E-state index contributed by atoms with van der Waals surface area (Å²) in [6.45, 7) is 6.37. The van der Waals surface area contributed by atoms with Gasteiger partial charge in [0.05, 0.1) is 11.4 Å². The van der Waals surface area contributed by atoms with Crippen LogP contribution in [0.3, 0.4) is 0 Å². The Hall–Kier alpha value is -2.46. The Labute approximate surface area is 189 Å². The van der Waals surface area contributed by atoms with Crippen LogP contribution in [0.4, 0.5) is 17.6 Å². The van der Waals surface area contributed by atoms with Crippen LogP contribution in [0, 0.1) is 17.0 Å². The second-order valence-electron chi connectivity index (χ2n) is 9.66. The van der Waals surface area contributed by atoms with Crippen molar-refractivity contribution in [2.24, 2.45) is 5.41 Å². The first kappa shape index (κ1) is 23.7. The van der Waals surface area contributed by atoms with Crippen LogP contribution in [0.1, 0.15) is 45.2 Å². The summed E-state index contributed by atoms with van der Waals surface area (Å²) in [5, 5.41) is -0.213. The molecule has 0 bridgehead atoms. The lowest BCUT2D eigenvalue weighted by molar-refractivity contribution is 0.109. The largest absolute Gasteiger partial charge is 0.347 e. The van der Waals surface area contributed by atoms with Crippen LogP contribution in [0.2, 0.25) is 0 Å².